The molecule has 140 valence electrons. The van der Waals surface area contributed by atoms with Gasteiger partial charge in [-0.25, -0.2) is 9.97 Å². The number of benzene rings is 1. The van der Waals surface area contributed by atoms with Gasteiger partial charge < -0.3 is 15.0 Å². The molecule has 1 aliphatic rings. The molecule has 1 fully saturated rings. The summed E-state index contributed by atoms with van der Waals surface area (Å²) in [4.78, 5) is 11.6. The van der Waals surface area contributed by atoms with E-state index in [0.29, 0.717) is 0 Å². The molecule has 0 unspecified atom stereocenters. The van der Waals surface area contributed by atoms with Crippen molar-refractivity contribution < 1.29 is 4.74 Å². The van der Waals surface area contributed by atoms with Crippen LogP contribution in [-0.4, -0.2) is 54.8 Å². The van der Waals surface area contributed by atoms with E-state index in [1.165, 1.54) is 25.1 Å². The quantitative estimate of drug-likeness (QED) is 0.702. The van der Waals surface area contributed by atoms with Gasteiger partial charge in [0.2, 0.25) is 0 Å². The molecule has 0 spiro atoms. The van der Waals surface area contributed by atoms with Crippen molar-refractivity contribution in [2.45, 2.75) is 26.3 Å². The van der Waals surface area contributed by atoms with Gasteiger partial charge in [0.1, 0.15) is 0 Å². The average molecular weight is 354 g/mol. The second kappa shape index (κ2) is 9.76. The van der Waals surface area contributed by atoms with Crippen LogP contribution in [0.2, 0.25) is 0 Å². The maximum Gasteiger partial charge on any atom is 0.159 e. The van der Waals surface area contributed by atoms with E-state index in [2.05, 4.69) is 45.3 Å². The number of nitrogens with zero attached hydrogens (tertiary/aromatic N) is 3. The molecule has 2 aromatic rings. The van der Waals surface area contributed by atoms with Gasteiger partial charge in [-0.2, -0.15) is 0 Å². The monoisotopic (exact) mass is 354 g/mol. The first-order valence-corrected chi connectivity index (χ1v) is 9.54. The summed E-state index contributed by atoms with van der Waals surface area (Å²) in [5, 5.41) is 3.57. The van der Waals surface area contributed by atoms with Crippen LogP contribution in [0.15, 0.2) is 36.7 Å². The predicted octanol–water partition coefficient (Wildman–Crippen LogP) is 2.90. The van der Waals surface area contributed by atoms with E-state index in [1.807, 2.05) is 18.5 Å². The van der Waals surface area contributed by atoms with E-state index in [4.69, 9.17) is 4.74 Å². The summed E-state index contributed by atoms with van der Waals surface area (Å²) in [6, 6.07) is 8.30. The highest BCUT2D eigenvalue weighted by Gasteiger charge is 2.21. The van der Waals surface area contributed by atoms with Crippen molar-refractivity contribution in [1.29, 1.82) is 0 Å². The van der Waals surface area contributed by atoms with E-state index in [-0.39, 0.29) is 0 Å². The largest absolute Gasteiger partial charge is 0.385 e. The van der Waals surface area contributed by atoms with Crippen LogP contribution in [0.4, 0.5) is 0 Å². The highest BCUT2D eigenvalue weighted by atomic mass is 16.5. The Morgan fingerprint density at radius 3 is 2.88 bits per heavy atom. The van der Waals surface area contributed by atoms with E-state index in [0.717, 1.165) is 55.5 Å². The van der Waals surface area contributed by atoms with Crippen molar-refractivity contribution in [2.24, 2.45) is 5.92 Å². The first kappa shape index (κ1) is 19.0. The Hall–Kier alpha value is -1.82. The molecule has 0 saturated carbocycles. The van der Waals surface area contributed by atoms with Crippen LogP contribution in [0.3, 0.4) is 0 Å². The number of nitrogens with one attached hydrogen (secondary N) is 1. The topological polar surface area (TPSA) is 50.3 Å². The number of aromatic nitrogens is 2. The lowest BCUT2D eigenvalue weighted by Crippen LogP contribution is -2.27. The van der Waals surface area contributed by atoms with Crippen molar-refractivity contribution in [1.82, 2.24) is 20.2 Å². The van der Waals surface area contributed by atoms with E-state index in [1.54, 1.807) is 7.11 Å². The molecular weight excluding hydrogens is 324 g/mol. The van der Waals surface area contributed by atoms with E-state index >= 15 is 0 Å². The van der Waals surface area contributed by atoms with E-state index in [9.17, 15) is 0 Å². The Labute approximate surface area is 156 Å². The van der Waals surface area contributed by atoms with Crippen LogP contribution < -0.4 is 5.32 Å². The molecule has 3 rings (SSSR count). The molecule has 1 aromatic carbocycles. The van der Waals surface area contributed by atoms with Gasteiger partial charge in [0, 0.05) is 56.9 Å². The van der Waals surface area contributed by atoms with Gasteiger partial charge in [0.25, 0.3) is 0 Å². The highest BCUT2D eigenvalue weighted by Crippen LogP contribution is 2.17. The average Bonchev–Trinajstić information content (AvgIpc) is 3.10. The van der Waals surface area contributed by atoms with Gasteiger partial charge in [-0.1, -0.05) is 23.8 Å². The minimum absolute atomic E-state index is 0.741. The van der Waals surface area contributed by atoms with Gasteiger partial charge in [-0.05, 0) is 44.8 Å². The first-order chi connectivity index (χ1) is 12.7. The number of methoxy groups -OCH3 is 1. The molecule has 1 aromatic heterocycles. The number of hydrogen-bond donors (Lipinski definition) is 1. The second-order valence-electron chi connectivity index (χ2n) is 7.22. The summed E-state index contributed by atoms with van der Waals surface area (Å²) in [6.07, 6.45) is 6.27. The van der Waals surface area contributed by atoms with Crippen molar-refractivity contribution >= 4 is 0 Å². The summed E-state index contributed by atoms with van der Waals surface area (Å²) in [5.74, 6) is 1.53. The van der Waals surface area contributed by atoms with Crippen LogP contribution >= 0.6 is 0 Å². The zero-order valence-electron chi connectivity index (χ0n) is 15.9. The third-order valence-electron chi connectivity index (χ3n) is 4.94. The third kappa shape index (κ3) is 5.59. The summed E-state index contributed by atoms with van der Waals surface area (Å²) < 4.78 is 5.13. The minimum Gasteiger partial charge on any atom is -0.385 e. The Morgan fingerprint density at radius 2 is 2.12 bits per heavy atom. The zero-order valence-corrected chi connectivity index (χ0v) is 15.9. The highest BCUT2D eigenvalue weighted by molar-refractivity contribution is 5.55. The fourth-order valence-corrected chi connectivity index (χ4v) is 3.51. The molecule has 1 N–H and O–H groups in total. The normalized spacial score (nSPS) is 17.7. The van der Waals surface area contributed by atoms with Gasteiger partial charge in [-0.3, -0.25) is 0 Å². The Bertz CT molecular complexity index is 674. The summed E-state index contributed by atoms with van der Waals surface area (Å²) >= 11 is 0. The lowest BCUT2D eigenvalue weighted by molar-refractivity contribution is 0.178. The van der Waals surface area contributed by atoms with Gasteiger partial charge in [0.15, 0.2) is 5.82 Å². The van der Waals surface area contributed by atoms with Gasteiger partial charge in [0.05, 0.1) is 0 Å². The molecule has 0 radical (unpaired) electrons. The number of ether oxygens (including phenoxy) is 1. The lowest BCUT2D eigenvalue weighted by Gasteiger charge is -2.16. The standard InChI is InChI=1S/C21H30N4O/c1-17-5-3-6-20(11-17)21-23-14-19(15-24-21)13-22-12-18-7-9-25(16-18)8-4-10-26-2/h3,5-6,11,14-15,18,22H,4,7-10,12-13,16H2,1-2H3/t18-/m1/s1. The lowest BCUT2D eigenvalue weighted by atomic mass is 10.1. The number of aryl methyl sites for hydroxylation is 1. The fourth-order valence-electron chi connectivity index (χ4n) is 3.51. The molecule has 1 aliphatic heterocycles. The molecule has 1 atom stereocenters. The molecule has 0 aliphatic carbocycles. The molecule has 1 saturated heterocycles. The number of rotatable bonds is 9. The van der Waals surface area contributed by atoms with Crippen molar-refractivity contribution in [3.8, 4) is 11.4 Å². The van der Waals surface area contributed by atoms with Crippen LogP contribution in [-0.2, 0) is 11.3 Å². The Kier molecular flexibility index (Phi) is 7.12. The van der Waals surface area contributed by atoms with Crippen molar-refractivity contribution in [3.63, 3.8) is 0 Å². The summed E-state index contributed by atoms with van der Waals surface area (Å²) in [5.41, 5.74) is 3.44. The summed E-state index contributed by atoms with van der Waals surface area (Å²) in [7, 11) is 1.77. The fraction of sp³-hybridized carbons (Fsp3) is 0.524. The Morgan fingerprint density at radius 1 is 1.27 bits per heavy atom. The van der Waals surface area contributed by atoms with Crippen LogP contribution in [0.25, 0.3) is 11.4 Å². The van der Waals surface area contributed by atoms with Crippen molar-refractivity contribution in [3.05, 3.63) is 47.8 Å². The SMILES string of the molecule is COCCCN1CC[C@H](CNCc2cnc(-c3cccc(C)c3)nc2)C1. The van der Waals surface area contributed by atoms with Crippen molar-refractivity contribution in [2.75, 3.05) is 39.9 Å². The van der Waals surface area contributed by atoms with Crippen LogP contribution in [0, 0.1) is 12.8 Å². The first-order valence-electron chi connectivity index (χ1n) is 9.54. The maximum absolute atomic E-state index is 5.13. The smallest absolute Gasteiger partial charge is 0.159 e. The molecular formula is C21H30N4O. The second-order valence-corrected chi connectivity index (χ2v) is 7.22. The molecule has 2 heterocycles. The number of likely N-dealkylation sites (tertiary alicyclic amines) is 1. The Balaban J connectivity index is 1.40. The number of hydrogen-bond acceptors (Lipinski definition) is 5. The van der Waals surface area contributed by atoms with Gasteiger partial charge in [-0.15, -0.1) is 0 Å². The van der Waals surface area contributed by atoms with Crippen LogP contribution in [0.5, 0.6) is 0 Å². The molecule has 0 bridgehead atoms. The molecule has 5 nitrogen and oxygen atoms in total. The molecule has 5 heteroatoms. The molecule has 0 amide bonds. The third-order valence-corrected chi connectivity index (χ3v) is 4.94. The predicted molar refractivity (Wildman–Crippen MR) is 105 cm³/mol. The van der Waals surface area contributed by atoms with Crippen LogP contribution in [0.1, 0.15) is 24.0 Å². The van der Waals surface area contributed by atoms with Gasteiger partial charge >= 0.3 is 0 Å². The maximum atomic E-state index is 5.13. The molecule has 26 heavy (non-hydrogen) atoms. The van der Waals surface area contributed by atoms with E-state index < -0.39 is 0 Å². The summed E-state index contributed by atoms with van der Waals surface area (Å²) in [6.45, 7) is 8.39. The minimum atomic E-state index is 0.741. The zero-order chi connectivity index (χ0) is 18.2.